The highest BCUT2D eigenvalue weighted by Gasteiger charge is 2.14. The predicted molar refractivity (Wildman–Crippen MR) is 73.7 cm³/mol. The van der Waals surface area contributed by atoms with Crippen molar-refractivity contribution in [3.63, 3.8) is 0 Å². The van der Waals surface area contributed by atoms with Crippen LogP contribution in [0.2, 0.25) is 0 Å². The lowest BCUT2D eigenvalue weighted by molar-refractivity contribution is -0.136. The minimum atomic E-state index is -1.18. The summed E-state index contributed by atoms with van der Waals surface area (Å²) in [7, 11) is 0. The summed E-state index contributed by atoms with van der Waals surface area (Å²) in [6.45, 7) is 0. The highest BCUT2D eigenvalue weighted by Crippen LogP contribution is 2.26. The Hall–Kier alpha value is -2.22. The van der Waals surface area contributed by atoms with E-state index in [2.05, 4.69) is 25.9 Å². The van der Waals surface area contributed by atoms with Crippen molar-refractivity contribution in [3.8, 4) is 11.4 Å². The van der Waals surface area contributed by atoms with Crippen LogP contribution in [0, 0.1) is 5.82 Å². The quantitative estimate of drug-likeness (QED) is 0.784. The van der Waals surface area contributed by atoms with E-state index < -0.39 is 23.8 Å². The molecule has 20 heavy (non-hydrogen) atoms. The summed E-state index contributed by atoms with van der Waals surface area (Å²) in [4.78, 5) is 28.8. The Labute approximate surface area is 120 Å². The van der Waals surface area contributed by atoms with Gasteiger partial charge in [-0.05, 0) is 34.1 Å². The van der Waals surface area contributed by atoms with Gasteiger partial charge in [0.1, 0.15) is 17.5 Å². The monoisotopic (exact) mass is 341 g/mol. The van der Waals surface area contributed by atoms with Gasteiger partial charge in [-0.25, -0.2) is 9.37 Å². The van der Waals surface area contributed by atoms with E-state index >= 15 is 0 Å². The van der Waals surface area contributed by atoms with Crippen molar-refractivity contribution in [2.45, 2.75) is 6.42 Å². The van der Waals surface area contributed by atoms with Crippen LogP contribution in [0.3, 0.4) is 0 Å². The molecule has 0 fully saturated rings. The Balaban J connectivity index is 2.55. The molecular weight excluding hydrogens is 333 g/mol. The van der Waals surface area contributed by atoms with Crippen molar-refractivity contribution in [1.29, 1.82) is 0 Å². The van der Waals surface area contributed by atoms with Gasteiger partial charge in [0.05, 0.1) is 12.0 Å². The SMILES string of the molecule is Nc1nc(-c2ccc(F)cc2Br)[nH]c(=O)c1CC(=O)O. The molecule has 0 atom stereocenters. The van der Waals surface area contributed by atoms with Crippen molar-refractivity contribution in [2.24, 2.45) is 0 Å². The summed E-state index contributed by atoms with van der Waals surface area (Å²) in [5.41, 5.74) is 5.30. The van der Waals surface area contributed by atoms with Crippen molar-refractivity contribution in [1.82, 2.24) is 9.97 Å². The number of H-pyrrole nitrogens is 1. The molecule has 4 N–H and O–H groups in total. The lowest BCUT2D eigenvalue weighted by Crippen LogP contribution is -2.21. The van der Waals surface area contributed by atoms with E-state index in [1.54, 1.807) is 0 Å². The van der Waals surface area contributed by atoms with Gasteiger partial charge in [-0.1, -0.05) is 0 Å². The van der Waals surface area contributed by atoms with E-state index in [1.165, 1.54) is 18.2 Å². The highest BCUT2D eigenvalue weighted by molar-refractivity contribution is 9.10. The van der Waals surface area contributed by atoms with Crippen molar-refractivity contribution in [2.75, 3.05) is 5.73 Å². The number of rotatable bonds is 3. The molecule has 0 radical (unpaired) electrons. The minimum Gasteiger partial charge on any atom is -0.481 e. The molecule has 0 aliphatic rings. The third-order valence-electron chi connectivity index (χ3n) is 2.56. The highest BCUT2D eigenvalue weighted by atomic mass is 79.9. The van der Waals surface area contributed by atoms with Gasteiger partial charge in [0.2, 0.25) is 0 Å². The largest absolute Gasteiger partial charge is 0.481 e. The van der Waals surface area contributed by atoms with E-state index in [1.807, 2.05) is 0 Å². The van der Waals surface area contributed by atoms with Crippen molar-refractivity contribution >= 4 is 27.7 Å². The molecule has 2 aromatic rings. The lowest BCUT2D eigenvalue weighted by atomic mass is 10.2. The molecular formula is C12H9BrFN3O3. The number of benzene rings is 1. The molecule has 0 aliphatic carbocycles. The summed E-state index contributed by atoms with van der Waals surface area (Å²) in [6, 6.07) is 3.85. The average molecular weight is 342 g/mol. The summed E-state index contributed by atoms with van der Waals surface area (Å²) in [5.74, 6) is -1.66. The Morgan fingerprint density at radius 3 is 2.75 bits per heavy atom. The molecule has 0 bridgehead atoms. The number of aromatic amines is 1. The van der Waals surface area contributed by atoms with Crippen LogP contribution < -0.4 is 11.3 Å². The fourth-order valence-electron chi connectivity index (χ4n) is 1.65. The topological polar surface area (TPSA) is 109 Å². The molecule has 0 spiro atoms. The first-order chi connectivity index (χ1) is 9.38. The molecule has 1 heterocycles. The first kappa shape index (κ1) is 14.2. The Bertz CT molecular complexity index is 745. The molecule has 8 heteroatoms. The zero-order valence-electron chi connectivity index (χ0n) is 9.98. The van der Waals surface area contributed by atoms with Gasteiger partial charge >= 0.3 is 5.97 Å². The number of carbonyl (C=O) groups is 1. The number of carboxylic acid groups (broad SMARTS) is 1. The van der Waals surface area contributed by atoms with Gasteiger partial charge in [-0.2, -0.15) is 0 Å². The second-order valence-corrected chi connectivity index (χ2v) is 4.83. The van der Waals surface area contributed by atoms with Gasteiger partial charge in [0.25, 0.3) is 5.56 Å². The zero-order chi connectivity index (χ0) is 14.9. The van der Waals surface area contributed by atoms with Gasteiger partial charge < -0.3 is 15.8 Å². The summed E-state index contributed by atoms with van der Waals surface area (Å²) >= 11 is 3.15. The van der Waals surface area contributed by atoms with Crippen LogP contribution in [-0.4, -0.2) is 21.0 Å². The fraction of sp³-hybridized carbons (Fsp3) is 0.0833. The third kappa shape index (κ3) is 2.85. The number of hydrogen-bond acceptors (Lipinski definition) is 4. The van der Waals surface area contributed by atoms with Gasteiger partial charge in [0, 0.05) is 10.0 Å². The smallest absolute Gasteiger partial charge is 0.308 e. The number of nitrogens with zero attached hydrogens (tertiary/aromatic N) is 1. The molecule has 1 aromatic heterocycles. The first-order valence-electron chi connectivity index (χ1n) is 5.44. The number of carboxylic acids is 1. The maximum atomic E-state index is 13.0. The van der Waals surface area contributed by atoms with E-state index in [0.29, 0.717) is 10.0 Å². The van der Waals surface area contributed by atoms with Crippen molar-refractivity contribution < 1.29 is 14.3 Å². The second-order valence-electron chi connectivity index (χ2n) is 3.97. The van der Waals surface area contributed by atoms with Crippen LogP contribution in [-0.2, 0) is 11.2 Å². The second kappa shape index (κ2) is 5.41. The summed E-state index contributed by atoms with van der Waals surface area (Å²) in [6.07, 6.45) is -0.515. The number of nitrogens with two attached hydrogens (primary N) is 1. The van der Waals surface area contributed by atoms with Gasteiger partial charge in [-0.15, -0.1) is 0 Å². The van der Waals surface area contributed by atoms with Gasteiger partial charge in [0.15, 0.2) is 0 Å². The number of anilines is 1. The number of halogens is 2. The number of aliphatic carboxylic acids is 1. The summed E-state index contributed by atoms with van der Waals surface area (Å²) < 4.78 is 13.4. The molecule has 0 aliphatic heterocycles. The third-order valence-corrected chi connectivity index (χ3v) is 3.22. The minimum absolute atomic E-state index is 0.112. The molecule has 0 saturated carbocycles. The maximum Gasteiger partial charge on any atom is 0.308 e. The zero-order valence-corrected chi connectivity index (χ0v) is 11.6. The molecule has 6 nitrogen and oxygen atoms in total. The molecule has 2 rings (SSSR count). The van der Waals surface area contributed by atoms with E-state index in [9.17, 15) is 14.0 Å². The normalized spacial score (nSPS) is 10.5. The number of hydrogen-bond donors (Lipinski definition) is 3. The molecule has 104 valence electrons. The van der Waals surface area contributed by atoms with Crippen LogP contribution >= 0.6 is 15.9 Å². The van der Waals surface area contributed by atoms with E-state index in [-0.39, 0.29) is 17.2 Å². The van der Waals surface area contributed by atoms with E-state index in [4.69, 9.17) is 10.8 Å². The number of nitrogen functional groups attached to an aromatic ring is 1. The average Bonchev–Trinajstić information content (AvgIpc) is 2.33. The van der Waals surface area contributed by atoms with E-state index in [0.717, 1.165) is 0 Å². The standard InChI is InChI=1S/C12H9BrFN3O3/c13-8-3-5(14)1-2-6(8)11-16-10(15)7(4-9(18)19)12(20)17-11/h1-3H,4H2,(H,18,19)(H3,15,16,17,20). The number of nitrogens with one attached hydrogen (secondary N) is 1. The number of aromatic nitrogens is 2. The van der Waals surface area contributed by atoms with Gasteiger partial charge in [-0.3, -0.25) is 9.59 Å². The molecule has 0 saturated heterocycles. The predicted octanol–water partition coefficient (Wildman–Crippen LogP) is 1.55. The lowest BCUT2D eigenvalue weighted by Gasteiger charge is -2.07. The Kier molecular flexibility index (Phi) is 3.84. The van der Waals surface area contributed by atoms with Crippen LogP contribution in [0.15, 0.2) is 27.5 Å². The van der Waals surface area contributed by atoms with Crippen molar-refractivity contribution in [3.05, 3.63) is 44.4 Å². The maximum absolute atomic E-state index is 13.0. The summed E-state index contributed by atoms with van der Waals surface area (Å²) in [5, 5.41) is 8.69. The van der Waals surface area contributed by atoms with Crippen LogP contribution in [0.5, 0.6) is 0 Å². The van der Waals surface area contributed by atoms with Crippen LogP contribution in [0.25, 0.3) is 11.4 Å². The first-order valence-corrected chi connectivity index (χ1v) is 6.23. The Morgan fingerprint density at radius 1 is 1.50 bits per heavy atom. The molecule has 1 aromatic carbocycles. The Morgan fingerprint density at radius 2 is 2.20 bits per heavy atom. The molecule has 0 amide bonds. The fourth-order valence-corrected chi connectivity index (χ4v) is 2.18. The molecule has 0 unspecified atom stereocenters. The van der Waals surface area contributed by atoms with Crippen LogP contribution in [0.4, 0.5) is 10.2 Å². The van der Waals surface area contributed by atoms with Crippen LogP contribution in [0.1, 0.15) is 5.56 Å².